The fourth-order valence-corrected chi connectivity index (χ4v) is 2.14. The quantitative estimate of drug-likeness (QED) is 0.850. The zero-order valence-corrected chi connectivity index (χ0v) is 9.75. The fraction of sp³-hybridized carbons (Fsp3) is 0.300. The molecule has 70 valence electrons. The molecule has 1 aromatic rings. The summed E-state index contributed by atoms with van der Waals surface area (Å²) < 4.78 is 1.07. The molecule has 0 heterocycles. The Hall–Kier alpha value is -0.580. The van der Waals surface area contributed by atoms with E-state index in [1.807, 2.05) is 19.9 Å². The molecule has 3 heteroatoms. The van der Waals surface area contributed by atoms with E-state index in [1.54, 1.807) is 6.07 Å². The van der Waals surface area contributed by atoms with Gasteiger partial charge in [0.25, 0.3) is 0 Å². The maximum atomic E-state index is 10.8. The van der Waals surface area contributed by atoms with E-state index in [-0.39, 0.29) is 0 Å². The maximum Gasteiger partial charge on any atom is 0.335 e. The van der Waals surface area contributed by atoms with E-state index in [0.29, 0.717) is 5.56 Å². The van der Waals surface area contributed by atoms with Crippen molar-refractivity contribution in [2.75, 3.05) is 0 Å². The topological polar surface area (TPSA) is 37.3 Å². The molecule has 0 atom stereocenters. The van der Waals surface area contributed by atoms with Gasteiger partial charge in [-0.05, 0) is 53.1 Å². The largest absolute Gasteiger partial charge is 0.478 e. The lowest BCUT2D eigenvalue weighted by Crippen LogP contribution is -2.04. The van der Waals surface area contributed by atoms with Gasteiger partial charge in [-0.25, -0.2) is 4.79 Å². The summed E-state index contributed by atoms with van der Waals surface area (Å²) in [6.07, 6.45) is 0.765. The number of benzene rings is 1. The molecule has 0 saturated carbocycles. The maximum absolute atomic E-state index is 10.8. The van der Waals surface area contributed by atoms with Crippen LogP contribution in [0.2, 0.25) is 0 Å². The van der Waals surface area contributed by atoms with Gasteiger partial charge in [0.2, 0.25) is 0 Å². The van der Waals surface area contributed by atoms with Gasteiger partial charge in [-0.3, -0.25) is 0 Å². The summed E-state index contributed by atoms with van der Waals surface area (Å²) >= 11 is 2.20. The Labute approximate surface area is 91.1 Å². The highest BCUT2D eigenvalue weighted by molar-refractivity contribution is 14.1. The lowest BCUT2D eigenvalue weighted by molar-refractivity contribution is 0.0695. The van der Waals surface area contributed by atoms with Crippen LogP contribution in [0.5, 0.6) is 0 Å². The monoisotopic (exact) mass is 290 g/mol. The standard InChI is InChI=1S/C10H11IO2/c1-3-7-8(10(12)13)5-4-6(2)9(7)11/h4-5H,3H2,1-2H3,(H,12,13). The van der Waals surface area contributed by atoms with Crippen molar-refractivity contribution in [2.24, 2.45) is 0 Å². The Morgan fingerprint density at radius 1 is 1.54 bits per heavy atom. The molecule has 0 aliphatic carbocycles. The van der Waals surface area contributed by atoms with Crippen LogP contribution in [0.4, 0.5) is 0 Å². The predicted molar refractivity (Wildman–Crippen MR) is 60.2 cm³/mol. The molecule has 0 spiro atoms. The van der Waals surface area contributed by atoms with E-state index in [0.717, 1.165) is 21.1 Å². The van der Waals surface area contributed by atoms with Gasteiger partial charge in [0.15, 0.2) is 0 Å². The molecular weight excluding hydrogens is 279 g/mol. The number of aromatic carboxylic acids is 1. The second kappa shape index (κ2) is 4.09. The predicted octanol–water partition coefficient (Wildman–Crippen LogP) is 2.86. The first-order valence-electron chi connectivity index (χ1n) is 4.09. The number of carboxylic acid groups (broad SMARTS) is 1. The van der Waals surface area contributed by atoms with Gasteiger partial charge >= 0.3 is 5.97 Å². The van der Waals surface area contributed by atoms with Crippen LogP contribution >= 0.6 is 22.6 Å². The minimum atomic E-state index is -0.838. The van der Waals surface area contributed by atoms with Crippen molar-refractivity contribution in [3.63, 3.8) is 0 Å². The van der Waals surface area contributed by atoms with Crippen molar-refractivity contribution in [3.8, 4) is 0 Å². The Kier molecular flexibility index (Phi) is 3.30. The van der Waals surface area contributed by atoms with E-state index in [2.05, 4.69) is 22.6 Å². The molecule has 0 saturated heterocycles. The Bertz CT molecular complexity index is 345. The van der Waals surface area contributed by atoms with E-state index < -0.39 is 5.97 Å². The number of carbonyl (C=O) groups is 1. The molecule has 0 unspecified atom stereocenters. The molecule has 0 aliphatic heterocycles. The number of carboxylic acids is 1. The summed E-state index contributed by atoms with van der Waals surface area (Å²) in [5.74, 6) is -0.838. The van der Waals surface area contributed by atoms with Crippen molar-refractivity contribution in [2.45, 2.75) is 20.3 Å². The second-order valence-corrected chi connectivity index (χ2v) is 3.96. The van der Waals surface area contributed by atoms with Crippen LogP contribution in [0.25, 0.3) is 0 Å². The van der Waals surface area contributed by atoms with Crippen molar-refractivity contribution in [1.29, 1.82) is 0 Å². The van der Waals surface area contributed by atoms with Crippen molar-refractivity contribution in [3.05, 3.63) is 32.4 Å². The van der Waals surface area contributed by atoms with E-state index in [9.17, 15) is 4.79 Å². The first kappa shape index (κ1) is 10.5. The van der Waals surface area contributed by atoms with Crippen LogP contribution in [0.15, 0.2) is 12.1 Å². The molecule has 1 aromatic carbocycles. The highest BCUT2D eigenvalue weighted by atomic mass is 127. The average molecular weight is 290 g/mol. The summed E-state index contributed by atoms with van der Waals surface area (Å²) in [5, 5.41) is 8.91. The Morgan fingerprint density at radius 3 is 2.62 bits per heavy atom. The minimum Gasteiger partial charge on any atom is -0.478 e. The fourth-order valence-electron chi connectivity index (χ4n) is 1.28. The molecule has 1 rings (SSSR count). The first-order valence-corrected chi connectivity index (χ1v) is 5.17. The zero-order chi connectivity index (χ0) is 10.0. The third-order valence-electron chi connectivity index (χ3n) is 2.02. The number of halogens is 1. The smallest absolute Gasteiger partial charge is 0.335 e. The van der Waals surface area contributed by atoms with Gasteiger partial charge in [-0.2, -0.15) is 0 Å². The first-order chi connectivity index (χ1) is 6.07. The Morgan fingerprint density at radius 2 is 2.15 bits per heavy atom. The lowest BCUT2D eigenvalue weighted by Gasteiger charge is -2.08. The van der Waals surface area contributed by atoms with Crippen LogP contribution in [0.1, 0.15) is 28.4 Å². The van der Waals surface area contributed by atoms with Crippen LogP contribution in [0.3, 0.4) is 0 Å². The molecular formula is C10H11IO2. The number of aryl methyl sites for hydroxylation is 1. The second-order valence-electron chi connectivity index (χ2n) is 2.88. The molecule has 0 radical (unpaired) electrons. The van der Waals surface area contributed by atoms with Crippen molar-refractivity contribution in [1.82, 2.24) is 0 Å². The molecule has 0 aliphatic rings. The highest BCUT2D eigenvalue weighted by Crippen LogP contribution is 2.21. The van der Waals surface area contributed by atoms with Crippen molar-refractivity contribution >= 4 is 28.6 Å². The van der Waals surface area contributed by atoms with Crippen LogP contribution in [-0.4, -0.2) is 11.1 Å². The van der Waals surface area contributed by atoms with E-state index >= 15 is 0 Å². The van der Waals surface area contributed by atoms with Gasteiger partial charge in [0, 0.05) is 3.57 Å². The summed E-state index contributed by atoms with van der Waals surface area (Å²) in [5.41, 5.74) is 2.51. The summed E-state index contributed by atoms with van der Waals surface area (Å²) in [6.45, 7) is 3.97. The molecule has 0 fully saturated rings. The van der Waals surface area contributed by atoms with E-state index in [1.165, 1.54) is 0 Å². The molecule has 0 bridgehead atoms. The highest BCUT2D eigenvalue weighted by Gasteiger charge is 2.12. The van der Waals surface area contributed by atoms with Crippen LogP contribution in [0, 0.1) is 10.5 Å². The molecule has 2 nitrogen and oxygen atoms in total. The van der Waals surface area contributed by atoms with Crippen LogP contribution < -0.4 is 0 Å². The Balaban J connectivity index is 3.38. The van der Waals surface area contributed by atoms with Crippen LogP contribution in [-0.2, 0) is 6.42 Å². The average Bonchev–Trinajstić information content (AvgIpc) is 2.09. The normalized spacial score (nSPS) is 10.1. The number of rotatable bonds is 2. The molecule has 1 N–H and O–H groups in total. The van der Waals surface area contributed by atoms with Crippen molar-refractivity contribution < 1.29 is 9.90 Å². The zero-order valence-electron chi connectivity index (χ0n) is 7.60. The summed E-state index contributed by atoms with van der Waals surface area (Å²) in [7, 11) is 0. The van der Waals surface area contributed by atoms with Gasteiger partial charge in [0.1, 0.15) is 0 Å². The third-order valence-corrected chi connectivity index (χ3v) is 3.52. The number of hydrogen-bond donors (Lipinski definition) is 1. The summed E-state index contributed by atoms with van der Waals surface area (Å²) in [4.78, 5) is 10.8. The summed E-state index contributed by atoms with van der Waals surface area (Å²) in [6, 6.07) is 3.53. The van der Waals surface area contributed by atoms with E-state index in [4.69, 9.17) is 5.11 Å². The molecule has 13 heavy (non-hydrogen) atoms. The van der Waals surface area contributed by atoms with Gasteiger partial charge in [0.05, 0.1) is 5.56 Å². The molecule has 0 aromatic heterocycles. The molecule has 0 amide bonds. The van der Waals surface area contributed by atoms with Gasteiger partial charge in [-0.15, -0.1) is 0 Å². The number of hydrogen-bond acceptors (Lipinski definition) is 1. The lowest BCUT2D eigenvalue weighted by atomic mass is 10.0. The van der Waals surface area contributed by atoms with Gasteiger partial charge < -0.3 is 5.11 Å². The SMILES string of the molecule is CCc1c(C(=O)O)ccc(C)c1I. The third kappa shape index (κ3) is 2.02. The van der Waals surface area contributed by atoms with Gasteiger partial charge in [-0.1, -0.05) is 13.0 Å². The minimum absolute atomic E-state index is 0.428.